The highest BCUT2D eigenvalue weighted by molar-refractivity contribution is 6.85. The molecule has 2 heterocycles. The Morgan fingerprint density at radius 2 is 1.38 bits per heavy atom. The fourth-order valence-electron chi connectivity index (χ4n) is 5.21. The van der Waals surface area contributed by atoms with Crippen LogP contribution in [0.3, 0.4) is 0 Å². The summed E-state index contributed by atoms with van der Waals surface area (Å²) in [7, 11) is 0. The van der Waals surface area contributed by atoms with Gasteiger partial charge in [0.25, 0.3) is 0 Å². The van der Waals surface area contributed by atoms with Gasteiger partial charge in [0, 0.05) is 17.0 Å². The largest absolute Gasteiger partial charge is 0.421 e. The normalized spacial score (nSPS) is 17.0. The SMILES string of the molecule is C=C/C=C1\C(=C/C)N2B(c3ccccc31)N(c1ccccc1)c1cc3ccccc3cc12. The van der Waals surface area contributed by atoms with Crippen LogP contribution >= 0.6 is 0 Å². The summed E-state index contributed by atoms with van der Waals surface area (Å²) in [5.74, 6) is 0. The Hall–Kier alpha value is -3.98. The number of hydrogen-bond acceptors (Lipinski definition) is 2. The van der Waals surface area contributed by atoms with E-state index in [0.717, 1.165) is 0 Å². The van der Waals surface area contributed by atoms with Crippen LogP contribution in [0.5, 0.6) is 0 Å². The molecule has 0 aliphatic carbocycles. The van der Waals surface area contributed by atoms with Gasteiger partial charge in [-0.15, -0.1) is 0 Å². The lowest BCUT2D eigenvalue weighted by Crippen LogP contribution is -2.58. The van der Waals surface area contributed by atoms with Gasteiger partial charge >= 0.3 is 6.98 Å². The van der Waals surface area contributed by atoms with Crippen LogP contribution in [-0.4, -0.2) is 6.98 Å². The second-order valence-electron chi connectivity index (χ2n) is 8.21. The number of allylic oxidation sites excluding steroid dienone is 4. The van der Waals surface area contributed by atoms with Gasteiger partial charge in [0.05, 0.1) is 11.4 Å². The van der Waals surface area contributed by atoms with Crippen LogP contribution in [0.1, 0.15) is 12.5 Å². The van der Waals surface area contributed by atoms with Crippen LogP contribution in [0.4, 0.5) is 17.1 Å². The van der Waals surface area contributed by atoms with Gasteiger partial charge in [-0.3, -0.25) is 0 Å². The van der Waals surface area contributed by atoms with Crippen LogP contribution in [0.25, 0.3) is 16.3 Å². The fourth-order valence-corrected chi connectivity index (χ4v) is 5.21. The molecule has 0 aromatic heterocycles. The molecule has 0 radical (unpaired) electrons. The lowest BCUT2D eigenvalue weighted by Gasteiger charge is -2.38. The van der Waals surface area contributed by atoms with E-state index >= 15 is 0 Å². The van der Waals surface area contributed by atoms with Crippen LogP contribution < -0.4 is 15.1 Å². The van der Waals surface area contributed by atoms with E-state index < -0.39 is 0 Å². The number of fused-ring (bicyclic) bond motifs is 6. The molecule has 0 amide bonds. The average molecular weight is 410 g/mol. The number of anilines is 3. The Bertz CT molecular complexity index is 1420. The molecule has 4 aromatic rings. The lowest BCUT2D eigenvalue weighted by atomic mass is 9.58. The predicted molar refractivity (Wildman–Crippen MR) is 139 cm³/mol. The van der Waals surface area contributed by atoms with Crippen LogP contribution in [-0.2, 0) is 0 Å². The van der Waals surface area contributed by atoms with Gasteiger partial charge in [-0.25, -0.2) is 0 Å². The van der Waals surface area contributed by atoms with E-state index in [1.54, 1.807) is 0 Å². The molecule has 6 rings (SSSR count). The van der Waals surface area contributed by atoms with Crippen LogP contribution in [0.2, 0.25) is 0 Å². The molecule has 0 spiro atoms. The van der Waals surface area contributed by atoms with E-state index in [9.17, 15) is 0 Å². The van der Waals surface area contributed by atoms with Gasteiger partial charge in [-0.1, -0.05) is 91.5 Å². The summed E-state index contributed by atoms with van der Waals surface area (Å²) in [6.45, 7) is 6.17. The van der Waals surface area contributed by atoms with Gasteiger partial charge < -0.3 is 9.62 Å². The van der Waals surface area contributed by atoms with Gasteiger partial charge in [0.2, 0.25) is 0 Å². The zero-order valence-electron chi connectivity index (χ0n) is 18.1. The summed E-state index contributed by atoms with van der Waals surface area (Å²) in [5.41, 5.74) is 8.64. The molecule has 2 aliphatic heterocycles. The third kappa shape index (κ3) is 2.61. The van der Waals surface area contributed by atoms with E-state index in [1.165, 1.54) is 50.1 Å². The molecule has 2 nitrogen and oxygen atoms in total. The maximum atomic E-state index is 4.00. The lowest BCUT2D eigenvalue weighted by molar-refractivity contribution is 1.29. The van der Waals surface area contributed by atoms with Crippen molar-refractivity contribution in [2.45, 2.75) is 6.92 Å². The third-order valence-electron chi connectivity index (χ3n) is 6.51. The fraction of sp³-hybridized carbons (Fsp3) is 0.0345. The minimum atomic E-state index is 0.0496. The average Bonchev–Trinajstić information content (AvgIpc) is 3.17. The number of benzene rings is 4. The number of hydrogen-bond donors (Lipinski definition) is 0. The summed E-state index contributed by atoms with van der Waals surface area (Å²) in [6.07, 6.45) is 6.25. The van der Waals surface area contributed by atoms with Crippen molar-refractivity contribution in [1.82, 2.24) is 0 Å². The molecule has 0 N–H and O–H groups in total. The second kappa shape index (κ2) is 7.31. The van der Waals surface area contributed by atoms with Crippen molar-refractivity contribution in [3.05, 3.63) is 127 Å². The smallest absolute Gasteiger partial charge is 0.360 e. The van der Waals surface area contributed by atoms with Crippen molar-refractivity contribution in [2.24, 2.45) is 0 Å². The summed E-state index contributed by atoms with van der Waals surface area (Å²) >= 11 is 0. The minimum absolute atomic E-state index is 0.0496. The molecule has 0 atom stereocenters. The predicted octanol–water partition coefficient (Wildman–Crippen LogP) is 6.68. The molecule has 3 heteroatoms. The molecule has 0 saturated heterocycles. The van der Waals surface area contributed by atoms with Crippen molar-refractivity contribution in [3.63, 3.8) is 0 Å². The Morgan fingerprint density at radius 3 is 2.06 bits per heavy atom. The molecule has 152 valence electrons. The molecule has 4 aromatic carbocycles. The van der Waals surface area contributed by atoms with Crippen molar-refractivity contribution in [2.75, 3.05) is 9.62 Å². The quantitative estimate of drug-likeness (QED) is 0.340. The van der Waals surface area contributed by atoms with Gasteiger partial charge in [0.15, 0.2) is 0 Å². The molecule has 32 heavy (non-hydrogen) atoms. The Morgan fingerprint density at radius 1 is 0.750 bits per heavy atom. The Labute approximate surface area is 189 Å². The van der Waals surface area contributed by atoms with E-state index in [2.05, 4.69) is 126 Å². The van der Waals surface area contributed by atoms with Crippen molar-refractivity contribution in [1.29, 1.82) is 0 Å². The number of rotatable bonds is 2. The molecular formula is C29H23BN2. The summed E-state index contributed by atoms with van der Waals surface area (Å²) in [6, 6.07) is 32.8. The zero-order valence-corrected chi connectivity index (χ0v) is 18.1. The second-order valence-corrected chi connectivity index (χ2v) is 8.21. The van der Waals surface area contributed by atoms with Gasteiger partial charge in [-0.05, 0) is 53.0 Å². The zero-order chi connectivity index (χ0) is 21.7. The summed E-state index contributed by atoms with van der Waals surface area (Å²) in [4.78, 5) is 4.97. The van der Waals surface area contributed by atoms with Crippen molar-refractivity contribution in [3.8, 4) is 0 Å². The number of nitrogens with zero attached hydrogens (tertiary/aromatic N) is 2. The standard InChI is InChI=1S/C29H23BN2/c1-3-12-25-24-17-10-11-18-26(24)30-31(23-15-6-5-7-16-23)28-19-21-13-8-9-14-22(21)20-29(28)32(30)27(25)4-2/h3-20H,1H2,2H3/b25-12-,27-4+. The van der Waals surface area contributed by atoms with Gasteiger partial charge in [0.1, 0.15) is 0 Å². The maximum Gasteiger partial charge on any atom is 0.421 e. The molecule has 0 fully saturated rings. The summed E-state index contributed by atoms with van der Waals surface area (Å²) in [5, 5.41) is 2.51. The molecule has 0 saturated carbocycles. The first-order valence-corrected chi connectivity index (χ1v) is 11.1. The van der Waals surface area contributed by atoms with E-state index in [-0.39, 0.29) is 6.98 Å². The van der Waals surface area contributed by atoms with Crippen molar-refractivity contribution >= 4 is 45.9 Å². The first-order chi connectivity index (χ1) is 15.8. The third-order valence-corrected chi connectivity index (χ3v) is 6.51. The molecule has 0 unspecified atom stereocenters. The maximum absolute atomic E-state index is 4.00. The highest BCUT2D eigenvalue weighted by Gasteiger charge is 2.48. The van der Waals surface area contributed by atoms with Crippen LogP contribution in [0.15, 0.2) is 121 Å². The summed E-state index contributed by atoms with van der Waals surface area (Å²) < 4.78 is 0. The van der Waals surface area contributed by atoms with E-state index in [4.69, 9.17) is 0 Å². The van der Waals surface area contributed by atoms with Crippen LogP contribution in [0, 0.1) is 0 Å². The van der Waals surface area contributed by atoms with E-state index in [0.29, 0.717) is 0 Å². The first-order valence-electron chi connectivity index (χ1n) is 11.1. The molecule has 2 aliphatic rings. The highest BCUT2D eigenvalue weighted by atomic mass is 15.3. The minimum Gasteiger partial charge on any atom is -0.360 e. The highest BCUT2D eigenvalue weighted by Crippen LogP contribution is 2.49. The monoisotopic (exact) mass is 410 g/mol. The molecule has 0 bridgehead atoms. The number of para-hydroxylation sites is 1. The molecular weight excluding hydrogens is 387 g/mol. The van der Waals surface area contributed by atoms with Gasteiger partial charge in [-0.2, -0.15) is 0 Å². The van der Waals surface area contributed by atoms with E-state index in [1.807, 2.05) is 6.08 Å². The topological polar surface area (TPSA) is 6.48 Å². The first kappa shape index (κ1) is 18.8. The van der Waals surface area contributed by atoms with Crippen molar-refractivity contribution < 1.29 is 0 Å². The Balaban J connectivity index is 1.72. The Kier molecular flexibility index (Phi) is 4.29.